The lowest BCUT2D eigenvalue weighted by Gasteiger charge is -2.33. The molecule has 1 N–H and O–H groups in total. The number of nitrogens with zero attached hydrogens (tertiary/aromatic N) is 2. The van der Waals surface area contributed by atoms with E-state index in [1.54, 1.807) is 18.9 Å². The van der Waals surface area contributed by atoms with E-state index < -0.39 is 12.1 Å². The lowest BCUT2D eigenvalue weighted by Crippen LogP contribution is -2.46. The third-order valence-electron chi connectivity index (χ3n) is 3.96. The van der Waals surface area contributed by atoms with Crippen LogP contribution in [0.3, 0.4) is 0 Å². The number of hydrogen-bond acceptors (Lipinski definition) is 4. The molecular weight excluding hydrogens is 312 g/mol. The first-order valence-corrected chi connectivity index (χ1v) is 7.84. The number of benzene rings is 1. The molecule has 0 saturated carbocycles. The minimum Gasteiger partial charge on any atom is -0.481 e. The van der Waals surface area contributed by atoms with E-state index in [1.165, 1.54) is 4.90 Å². The average Bonchev–Trinajstić information content (AvgIpc) is 2.53. The van der Waals surface area contributed by atoms with Crippen molar-refractivity contribution in [3.8, 4) is 5.75 Å². The molecule has 1 aliphatic rings. The number of hydrogen-bond donors (Lipinski definition) is 1. The number of carboxylic acid groups (broad SMARTS) is 1. The molecule has 0 aliphatic carbocycles. The number of amides is 2. The summed E-state index contributed by atoms with van der Waals surface area (Å²) < 4.78 is 5.60. The first-order valence-electron chi connectivity index (χ1n) is 7.84. The smallest absolute Gasteiger partial charge is 0.305 e. The Hall–Kier alpha value is -2.57. The molecule has 1 atom stereocenters. The van der Waals surface area contributed by atoms with Crippen LogP contribution in [0.5, 0.6) is 5.75 Å². The second-order valence-electron chi connectivity index (χ2n) is 5.93. The molecule has 1 aromatic carbocycles. The van der Waals surface area contributed by atoms with Crippen LogP contribution < -0.4 is 9.64 Å². The van der Waals surface area contributed by atoms with E-state index in [1.807, 2.05) is 25.1 Å². The van der Waals surface area contributed by atoms with Gasteiger partial charge in [-0.25, -0.2) is 0 Å². The van der Waals surface area contributed by atoms with Crippen LogP contribution in [0.2, 0.25) is 0 Å². The summed E-state index contributed by atoms with van der Waals surface area (Å²) in [4.78, 5) is 38.0. The van der Waals surface area contributed by atoms with Gasteiger partial charge in [-0.3, -0.25) is 14.4 Å². The maximum absolute atomic E-state index is 12.4. The van der Waals surface area contributed by atoms with E-state index >= 15 is 0 Å². The highest BCUT2D eigenvalue weighted by molar-refractivity contribution is 6.00. The molecule has 1 aromatic rings. The Morgan fingerprint density at radius 2 is 2.04 bits per heavy atom. The van der Waals surface area contributed by atoms with Crippen molar-refractivity contribution in [2.75, 3.05) is 25.0 Å². The Bertz CT molecular complexity index is 658. The average molecular weight is 334 g/mol. The van der Waals surface area contributed by atoms with Crippen molar-refractivity contribution < 1.29 is 24.2 Å². The summed E-state index contributed by atoms with van der Waals surface area (Å²) in [6.45, 7) is 3.99. The summed E-state index contributed by atoms with van der Waals surface area (Å²) in [5.74, 6) is -0.706. The molecule has 1 heterocycles. The van der Waals surface area contributed by atoms with E-state index in [4.69, 9.17) is 9.84 Å². The lowest BCUT2D eigenvalue weighted by molar-refractivity contribution is -0.138. The fourth-order valence-corrected chi connectivity index (χ4v) is 2.53. The van der Waals surface area contributed by atoms with Crippen LogP contribution in [0, 0.1) is 6.92 Å². The zero-order chi connectivity index (χ0) is 17.9. The first kappa shape index (κ1) is 17.8. The number of rotatable bonds is 6. The molecule has 2 amide bonds. The summed E-state index contributed by atoms with van der Waals surface area (Å²) in [5.41, 5.74) is 1.66. The Labute approximate surface area is 140 Å². The van der Waals surface area contributed by atoms with Crippen LogP contribution >= 0.6 is 0 Å². The van der Waals surface area contributed by atoms with Gasteiger partial charge in [-0.05, 0) is 31.5 Å². The first-order chi connectivity index (χ1) is 11.3. The molecule has 0 saturated heterocycles. The Morgan fingerprint density at radius 3 is 2.71 bits per heavy atom. The largest absolute Gasteiger partial charge is 0.481 e. The predicted octanol–water partition coefficient (Wildman–Crippen LogP) is 1.43. The van der Waals surface area contributed by atoms with Gasteiger partial charge in [-0.2, -0.15) is 0 Å². The third kappa shape index (κ3) is 4.04. The van der Waals surface area contributed by atoms with Gasteiger partial charge < -0.3 is 19.6 Å². The number of aliphatic carboxylic acids is 1. The molecule has 7 heteroatoms. The van der Waals surface area contributed by atoms with Crippen LogP contribution in [-0.2, 0) is 14.4 Å². The monoisotopic (exact) mass is 334 g/mol. The highest BCUT2D eigenvalue weighted by Crippen LogP contribution is 2.34. The van der Waals surface area contributed by atoms with Gasteiger partial charge in [-0.15, -0.1) is 0 Å². The van der Waals surface area contributed by atoms with Gasteiger partial charge in [0.2, 0.25) is 5.91 Å². The molecule has 24 heavy (non-hydrogen) atoms. The molecule has 7 nitrogen and oxygen atoms in total. The van der Waals surface area contributed by atoms with E-state index in [-0.39, 0.29) is 37.7 Å². The normalized spacial score (nSPS) is 16.4. The van der Waals surface area contributed by atoms with Gasteiger partial charge in [0, 0.05) is 26.6 Å². The molecule has 0 aromatic heterocycles. The summed E-state index contributed by atoms with van der Waals surface area (Å²) >= 11 is 0. The van der Waals surface area contributed by atoms with Crippen LogP contribution in [0.15, 0.2) is 18.2 Å². The summed E-state index contributed by atoms with van der Waals surface area (Å²) in [6.07, 6.45) is -0.570. The second-order valence-corrected chi connectivity index (χ2v) is 5.93. The van der Waals surface area contributed by atoms with Gasteiger partial charge >= 0.3 is 5.97 Å². The molecule has 0 fully saturated rings. The molecule has 130 valence electrons. The van der Waals surface area contributed by atoms with Crippen LogP contribution in [-0.4, -0.2) is 54.0 Å². The van der Waals surface area contributed by atoms with Crippen LogP contribution in [0.25, 0.3) is 0 Å². The Balaban J connectivity index is 2.06. The second kappa shape index (κ2) is 7.33. The van der Waals surface area contributed by atoms with E-state index in [2.05, 4.69) is 0 Å². The molecule has 2 rings (SSSR count). The number of fused-ring (bicyclic) bond motifs is 1. The Morgan fingerprint density at radius 1 is 1.33 bits per heavy atom. The molecule has 1 aliphatic heterocycles. The standard InChI is InChI=1S/C17H22N2O5/c1-11-4-5-14-13(10-11)19(17(23)12(2)24-14)9-6-15(20)18(3)8-7-16(21)22/h4-5,10,12H,6-9H2,1-3H3,(H,21,22). The van der Waals surface area contributed by atoms with E-state index in [0.29, 0.717) is 11.4 Å². The van der Waals surface area contributed by atoms with Crippen molar-refractivity contribution in [3.05, 3.63) is 23.8 Å². The minimum absolute atomic E-state index is 0.0994. The minimum atomic E-state index is -0.948. The Kier molecular flexibility index (Phi) is 5.43. The summed E-state index contributed by atoms with van der Waals surface area (Å²) in [6, 6.07) is 5.59. The summed E-state index contributed by atoms with van der Waals surface area (Å²) in [5, 5.41) is 8.67. The van der Waals surface area contributed by atoms with Crippen molar-refractivity contribution in [1.82, 2.24) is 4.90 Å². The van der Waals surface area contributed by atoms with Crippen molar-refractivity contribution in [1.29, 1.82) is 0 Å². The van der Waals surface area contributed by atoms with E-state index in [9.17, 15) is 14.4 Å². The van der Waals surface area contributed by atoms with Gasteiger partial charge in [-0.1, -0.05) is 6.07 Å². The number of carbonyl (C=O) groups excluding carboxylic acids is 2. The highest BCUT2D eigenvalue weighted by atomic mass is 16.5. The predicted molar refractivity (Wildman–Crippen MR) is 88.1 cm³/mol. The van der Waals surface area contributed by atoms with Gasteiger partial charge in [0.1, 0.15) is 5.75 Å². The third-order valence-corrected chi connectivity index (χ3v) is 3.96. The molecule has 0 bridgehead atoms. The van der Waals surface area contributed by atoms with Crippen molar-refractivity contribution >= 4 is 23.5 Å². The number of ether oxygens (including phenoxy) is 1. The van der Waals surface area contributed by atoms with Gasteiger partial charge in [0.05, 0.1) is 12.1 Å². The van der Waals surface area contributed by atoms with Crippen LogP contribution in [0.1, 0.15) is 25.3 Å². The van der Waals surface area contributed by atoms with Gasteiger partial charge in [0.25, 0.3) is 5.91 Å². The number of carbonyl (C=O) groups is 3. The number of anilines is 1. The quantitative estimate of drug-likeness (QED) is 0.850. The van der Waals surface area contributed by atoms with E-state index in [0.717, 1.165) is 5.56 Å². The maximum atomic E-state index is 12.4. The molecule has 0 spiro atoms. The highest BCUT2D eigenvalue weighted by Gasteiger charge is 2.31. The number of carboxylic acids is 1. The lowest BCUT2D eigenvalue weighted by atomic mass is 10.1. The van der Waals surface area contributed by atoms with Gasteiger partial charge in [0.15, 0.2) is 6.10 Å². The molecular formula is C17H22N2O5. The topological polar surface area (TPSA) is 87.2 Å². The SMILES string of the molecule is Cc1ccc2c(c1)N(CCC(=O)N(C)CCC(=O)O)C(=O)C(C)O2. The zero-order valence-electron chi connectivity index (χ0n) is 14.1. The molecule has 0 radical (unpaired) electrons. The molecule has 1 unspecified atom stereocenters. The van der Waals surface area contributed by atoms with Crippen LogP contribution in [0.4, 0.5) is 5.69 Å². The van der Waals surface area contributed by atoms with Crippen molar-refractivity contribution in [3.63, 3.8) is 0 Å². The zero-order valence-corrected chi connectivity index (χ0v) is 14.1. The maximum Gasteiger partial charge on any atom is 0.305 e. The fraction of sp³-hybridized carbons (Fsp3) is 0.471. The summed E-state index contributed by atoms with van der Waals surface area (Å²) in [7, 11) is 1.56. The fourth-order valence-electron chi connectivity index (χ4n) is 2.53. The van der Waals surface area contributed by atoms with Crippen molar-refractivity contribution in [2.24, 2.45) is 0 Å². The van der Waals surface area contributed by atoms with Crippen molar-refractivity contribution in [2.45, 2.75) is 32.8 Å². The number of aryl methyl sites for hydroxylation is 1.